The maximum Gasteiger partial charge on any atom is 0.266 e. The molecule has 4 rings (SSSR count). The lowest BCUT2D eigenvalue weighted by atomic mass is 9.43. The van der Waals surface area contributed by atoms with Crippen LogP contribution in [0.1, 0.15) is 78.6 Å². The van der Waals surface area contributed by atoms with Gasteiger partial charge in [0.05, 0.1) is 24.1 Å². The van der Waals surface area contributed by atoms with Gasteiger partial charge in [-0.05, 0) is 97.7 Å². The van der Waals surface area contributed by atoms with E-state index >= 15 is 0 Å². The van der Waals surface area contributed by atoms with Crippen LogP contribution in [0, 0.1) is 46.3 Å². The first-order chi connectivity index (χ1) is 16.3. The third-order valence-electron chi connectivity index (χ3n) is 11.0. The number of amides is 1. The minimum atomic E-state index is -4.10. The van der Waals surface area contributed by atoms with E-state index in [4.69, 9.17) is 4.55 Å². The summed E-state index contributed by atoms with van der Waals surface area (Å²) in [6.45, 7) is 6.56. The summed E-state index contributed by atoms with van der Waals surface area (Å²) in [4.78, 5) is 12.2. The molecule has 4 fully saturated rings. The van der Waals surface area contributed by atoms with E-state index in [1.54, 1.807) is 0 Å². The fraction of sp³-hybridized carbons (Fsp3) is 0.962. The van der Waals surface area contributed by atoms with Crippen LogP contribution in [0.2, 0.25) is 0 Å². The number of carbonyl (C=O) groups excluding carboxylic acids is 1. The Morgan fingerprint density at radius 1 is 1.06 bits per heavy atom. The fourth-order valence-electron chi connectivity index (χ4n) is 9.10. The normalized spacial score (nSPS) is 46.3. The van der Waals surface area contributed by atoms with Crippen LogP contribution in [0.5, 0.6) is 0 Å². The topological polar surface area (TPSA) is 144 Å². The van der Waals surface area contributed by atoms with Crippen molar-refractivity contribution in [1.82, 2.24) is 5.32 Å². The zero-order valence-corrected chi connectivity index (χ0v) is 22.2. The largest absolute Gasteiger partial charge is 0.393 e. The van der Waals surface area contributed by atoms with E-state index in [2.05, 4.69) is 26.1 Å². The third kappa shape index (κ3) is 5.05. The maximum absolute atomic E-state index is 12.2. The molecule has 1 amide bonds. The van der Waals surface area contributed by atoms with Gasteiger partial charge in [-0.1, -0.05) is 20.8 Å². The van der Waals surface area contributed by atoms with Crippen molar-refractivity contribution in [2.45, 2.75) is 96.9 Å². The van der Waals surface area contributed by atoms with Crippen LogP contribution >= 0.6 is 0 Å². The first kappa shape index (κ1) is 27.3. The Kier molecular flexibility index (Phi) is 7.69. The number of fused-ring (bicyclic) bond motifs is 5. The summed E-state index contributed by atoms with van der Waals surface area (Å²) < 4.78 is 30.5. The average molecular weight is 516 g/mol. The zero-order chi connectivity index (χ0) is 25.8. The van der Waals surface area contributed by atoms with Crippen LogP contribution in [-0.2, 0) is 14.9 Å². The minimum Gasteiger partial charge on any atom is -0.393 e. The van der Waals surface area contributed by atoms with Crippen molar-refractivity contribution in [2.24, 2.45) is 46.3 Å². The number of hydrogen-bond acceptors (Lipinski definition) is 6. The van der Waals surface area contributed by atoms with E-state index in [1.807, 2.05) is 0 Å². The van der Waals surface area contributed by atoms with E-state index in [9.17, 15) is 28.5 Å². The summed E-state index contributed by atoms with van der Waals surface area (Å²) in [5.41, 5.74) is -0.254. The van der Waals surface area contributed by atoms with E-state index in [0.717, 1.165) is 38.5 Å². The molecule has 4 aliphatic rings. The first-order valence-corrected chi connectivity index (χ1v) is 15.1. The smallest absolute Gasteiger partial charge is 0.266 e. The molecule has 0 aliphatic heterocycles. The average Bonchev–Trinajstić information content (AvgIpc) is 3.12. The summed E-state index contributed by atoms with van der Waals surface area (Å²) in [6, 6.07) is 0. The van der Waals surface area contributed by atoms with Crippen molar-refractivity contribution >= 4 is 16.0 Å². The maximum atomic E-state index is 12.2. The zero-order valence-electron chi connectivity index (χ0n) is 21.4. The molecule has 0 aromatic carbocycles. The van der Waals surface area contributed by atoms with Crippen LogP contribution in [0.25, 0.3) is 0 Å². The van der Waals surface area contributed by atoms with Gasteiger partial charge in [0.1, 0.15) is 0 Å². The number of rotatable bonds is 7. The van der Waals surface area contributed by atoms with Crippen molar-refractivity contribution in [3.05, 3.63) is 0 Å². The van der Waals surface area contributed by atoms with Crippen LogP contribution in [0.15, 0.2) is 0 Å². The molecule has 9 heteroatoms. The van der Waals surface area contributed by atoms with Gasteiger partial charge in [-0.3, -0.25) is 9.35 Å². The summed E-state index contributed by atoms with van der Waals surface area (Å²) >= 11 is 0. The van der Waals surface area contributed by atoms with Gasteiger partial charge < -0.3 is 20.6 Å². The first-order valence-electron chi connectivity index (χ1n) is 13.5. The van der Waals surface area contributed by atoms with E-state index in [1.165, 1.54) is 0 Å². The number of hydrogen-bond donors (Lipinski definition) is 5. The molecule has 8 nitrogen and oxygen atoms in total. The molecule has 0 aromatic rings. The van der Waals surface area contributed by atoms with Crippen LogP contribution in [0.3, 0.4) is 0 Å². The van der Waals surface area contributed by atoms with Gasteiger partial charge in [-0.15, -0.1) is 0 Å². The van der Waals surface area contributed by atoms with Gasteiger partial charge in [0.15, 0.2) is 0 Å². The number of aliphatic hydroxyl groups is 3. The van der Waals surface area contributed by atoms with Crippen molar-refractivity contribution < 1.29 is 33.1 Å². The molecule has 0 spiro atoms. The minimum absolute atomic E-state index is 0.0509. The van der Waals surface area contributed by atoms with Gasteiger partial charge in [0, 0.05) is 13.0 Å². The second-order valence-electron chi connectivity index (χ2n) is 12.7. The molecular weight excluding hydrogens is 470 g/mol. The summed E-state index contributed by atoms with van der Waals surface area (Å²) in [5.74, 6) is 0.705. The highest BCUT2D eigenvalue weighted by Crippen LogP contribution is 2.68. The standard InChI is InChI=1S/C26H45NO7S/c1-15(4-7-23(31)27-10-11-35(32,33)34)18-5-6-19-24-20(14-22(30)26(18,19)3)25(2)9-8-17(28)12-16(25)13-21(24)29/h15-22,24,28-30H,4-14H2,1-3H3,(H,27,31)(H,32,33,34)/t15-,16+,17-,18+,19-,20+,21-,22+,24-,25+,26-/m1/s1. The molecule has 0 bridgehead atoms. The second kappa shape index (κ2) is 9.86. The quantitative estimate of drug-likeness (QED) is 0.327. The van der Waals surface area contributed by atoms with Crippen molar-refractivity contribution in [3.8, 4) is 0 Å². The number of aliphatic hydroxyl groups excluding tert-OH is 3. The Bertz CT molecular complexity index is 896. The van der Waals surface area contributed by atoms with E-state index in [-0.39, 0.29) is 65.4 Å². The number of carbonyl (C=O) groups is 1. The van der Waals surface area contributed by atoms with Crippen LogP contribution < -0.4 is 5.32 Å². The number of nitrogens with one attached hydrogen (secondary N) is 1. The highest BCUT2D eigenvalue weighted by Gasteiger charge is 2.65. The molecule has 35 heavy (non-hydrogen) atoms. The fourth-order valence-corrected chi connectivity index (χ4v) is 9.46. The Hall–Kier alpha value is -0.740. The summed E-state index contributed by atoms with van der Waals surface area (Å²) in [7, 11) is -4.10. The van der Waals surface area contributed by atoms with Crippen LogP contribution in [-0.4, -0.2) is 64.8 Å². The molecule has 11 atom stereocenters. The molecule has 5 N–H and O–H groups in total. The van der Waals surface area contributed by atoms with E-state index in [0.29, 0.717) is 18.8 Å². The van der Waals surface area contributed by atoms with Crippen molar-refractivity contribution in [1.29, 1.82) is 0 Å². The second-order valence-corrected chi connectivity index (χ2v) is 14.2. The highest BCUT2D eigenvalue weighted by atomic mass is 32.2. The van der Waals surface area contributed by atoms with Crippen molar-refractivity contribution in [3.63, 3.8) is 0 Å². The lowest BCUT2D eigenvalue weighted by Crippen LogP contribution is -2.62. The Morgan fingerprint density at radius 2 is 1.77 bits per heavy atom. The lowest BCUT2D eigenvalue weighted by molar-refractivity contribution is -0.207. The van der Waals surface area contributed by atoms with Crippen molar-refractivity contribution in [2.75, 3.05) is 12.3 Å². The summed E-state index contributed by atoms with van der Waals surface area (Å²) in [5, 5.41) is 35.8. The predicted molar refractivity (Wildman–Crippen MR) is 132 cm³/mol. The third-order valence-corrected chi connectivity index (χ3v) is 11.7. The molecule has 0 unspecified atom stereocenters. The van der Waals surface area contributed by atoms with E-state index < -0.39 is 28.1 Å². The summed E-state index contributed by atoms with van der Waals surface area (Å²) in [6.07, 6.45) is 5.67. The molecule has 4 saturated carbocycles. The Labute approximate surface area is 210 Å². The molecule has 0 heterocycles. The predicted octanol–water partition coefficient (Wildman–Crippen LogP) is 2.37. The van der Waals surface area contributed by atoms with Gasteiger partial charge in [-0.25, -0.2) is 0 Å². The Balaban J connectivity index is 1.43. The molecule has 202 valence electrons. The van der Waals surface area contributed by atoms with Crippen LogP contribution in [0.4, 0.5) is 0 Å². The molecule has 0 aromatic heterocycles. The SMILES string of the molecule is C[C@H](CCC(=O)NCCS(=O)(=O)O)[C@@H]1CC[C@@H]2[C@H]3[C@H](O)C[C@@H]4C[C@H](O)CC[C@]4(C)[C@H]3C[C@H](O)[C@@]21C. The van der Waals surface area contributed by atoms with Gasteiger partial charge >= 0.3 is 0 Å². The molecule has 4 aliphatic carbocycles. The van der Waals surface area contributed by atoms with Gasteiger partial charge in [0.25, 0.3) is 10.1 Å². The molecule has 0 radical (unpaired) electrons. The Morgan fingerprint density at radius 3 is 2.46 bits per heavy atom. The highest BCUT2D eigenvalue weighted by molar-refractivity contribution is 7.85. The van der Waals surface area contributed by atoms with Gasteiger partial charge in [-0.2, -0.15) is 8.42 Å². The molecule has 0 saturated heterocycles. The monoisotopic (exact) mass is 515 g/mol. The lowest BCUT2D eigenvalue weighted by Gasteiger charge is -2.63. The van der Waals surface area contributed by atoms with Gasteiger partial charge in [0.2, 0.25) is 5.91 Å². The molecular formula is C26H45NO7S.